The van der Waals surface area contributed by atoms with Gasteiger partial charge in [-0.15, -0.1) is 0 Å². The third-order valence-corrected chi connectivity index (χ3v) is 0.678. The summed E-state index contributed by atoms with van der Waals surface area (Å²) in [4.78, 5) is 0. The summed E-state index contributed by atoms with van der Waals surface area (Å²) in [5.74, 6) is 0.913. The van der Waals surface area contributed by atoms with Gasteiger partial charge in [-0.2, -0.15) is 12.6 Å². The average molecular weight is 137 g/mol. The first-order chi connectivity index (χ1) is 3.83. The Morgan fingerprint density at radius 1 is 1.62 bits per heavy atom. The minimum Gasteiger partial charge on any atom is -0.397 e. The fraction of sp³-hybridized carbons (Fsp3) is 1.00. The van der Waals surface area contributed by atoms with Crippen LogP contribution in [0.25, 0.3) is 0 Å². The Bertz CT molecular complexity index is 26.4. The summed E-state index contributed by atoms with van der Waals surface area (Å²) in [5, 5.41) is 7.57. The van der Waals surface area contributed by atoms with E-state index in [-0.39, 0.29) is 6.61 Å². The number of hydrogen-bond acceptors (Lipinski definition) is 3. The fourth-order valence-corrected chi connectivity index (χ4v) is 0.274. The lowest BCUT2D eigenvalue weighted by Crippen LogP contribution is -1.97. The zero-order chi connectivity index (χ0) is 6.83. The smallest absolute Gasteiger partial charge is 0.0402 e. The van der Waals surface area contributed by atoms with Crippen LogP contribution >= 0.6 is 12.6 Å². The number of aliphatic hydroxyl groups excluding tert-OH is 1. The molecule has 0 saturated heterocycles. The van der Waals surface area contributed by atoms with Crippen molar-refractivity contribution in [3.63, 3.8) is 0 Å². The molecule has 0 spiro atoms. The molecule has 3 N–H and O–H groups in total. The largest absolute Gasteiger partial charge is 0.397 e. The van der Waals surface area contributed by atoms with Crippen LogP contribution in [0.5, 0.6) is 0 Å². The first-order valence-electron chi connectivity index (χ1n) is 2.75. The van der Waals surface area contributed by atoms with Crippen LogP contribution in [0.2, 0.25) is 0 Å². The zero-order valence-corrected chi connectivity index (χ0v) is 6.19. The Kier molecular flexibility index (Phi) is 21.8. The molecule has 3 heteroatoms. The molecule has 0 bridgehead atoms. The van der Waals surface area contributed by atoms with Gasteiger partial charge in [0, 0.05) is 6.61 Å². The summed E-state index contributed by atoms with van der Waals surface area (Å²) in [5.41, 5.74) is 5.09. The van der Waals surface area contributed by atoms with Crippen molar-refractivity contribution in [1.29, 1.82) is 0 Å². The topological polar surface area (TPSA) is 46.2 Å². The monoisotopic (exact) mass is 137 g/mol. The van der Waals surface area contributed by atoms with E-state index >= 15 is 0 Å². The summed E-state index contributed by atoms with van der Waals surface area (Å²) < 4.78 is 0. The average Bonchev–Trinajstić information content (AvgIpc) is 1.71. The molecule has 0 aliphatic heterocycles. The molecule has 0 aliphatic carbocycles. The summed E-state index contributed by atoms with van der Waals surface area (Å²) in [6, 6.07) is 0. The van der Waals surface area contributed by atoms with Gasteiger partial charge in [-0.05, 0) is 25.6 Å². The molecular formula is C5H15NOS. The zero-order valence-electron chi connectivity index (χ0n) is 5.30. The maximum atomic E-state index is 7.57. The molecule has 0 aromatic carbocycles. The number of aliphatic hydroxyl groups is 1. The van der Waals surface area contributed by atoms with E-state index in [4.69, 9.17) is 10.8 Å². The fourth-order valence-electron chi connectivity index (χ4n) is 0.0913. The third-order valence-electron chi connectivity index (χ3n) is 0.362. The van der Waals surface area contributed by atoms with E-state index in [0.29, 0.717) is 0 Å². The maximum absolute atomic E-state index is 7.57. The quantitative estimate of drug-likeness (QED) is 0.478. The normalized spacial score (nSPS) is 7.50. The lowest BCUT2D eigenvalue weighted by Gasteiger charge is -1.79. The molecular weight excluding hydrogens is 122 g/mol. The first-order valence-corrected chi connectivity index (χ1v) is 3.38. The van der Waals surface area contributed by atoms with Crippen LogP contribution in [0, 0.1) is 0 Å². The van der Waals surface area contributed by atoms with Crippen LogP contribution in [0.15, 0.2) is 0 Å². The highest BCUT2D eigenvalue weighted by Gasteiger charge is 1.68. The summed E-state index contributed by atoms with van der Waals surface area (Å²) in [7, 11) is 0. The second kappa shape index (κ2) is 15.7. The summed E-state index contributed by atoms with van der Waals surface area (Å²) in [6.07, 6.45) is 1.03. The van der Waals surface area contributed by atoms with E-state index in [2.05, 4.69) is 12.6 Å². The predicted octanol–water partition coefficient (Wildman–Crippen LogP) is 0.264. The van der Waals surface area contributed by atoms with E-state index in [1.54, 1.807) is 6.92 Å². The van der Waals surface area contributed by atoms with Crippen molar-refractivity contribution in [1.82, 2.24) is 0 Å². The second-order valence-electron chi connectivity index (χ2n) is 1.18. The van der Waals surface area contributed by atoms with Gasteiger partial charge in [0.25, 0.3) is 0 Å². The van der Waals surface area contributed by atoms with Gasteiger partial charge in [0.15, 0.2) is 0 Å². The highest BCUT2D eigenvalue weighted by atomic mass is 32.1. The third kappa shape index (κ3) is 33.8. The molecule has 0 heterocycles. The molecule has 0 saturated carbocycles. The van der Waals surface area contributed by atoms with Gasteiger partial charge in [0.2, 0.25) is 0 Å². The molecule has 0 radical (unpaired) electrons. The van der Waals surface area contributed by atoms with E-state index in [1.165, 1.54) is 0 Å². The highest BCUT2D eigenvalue weighted by Crippen LogP contribution is 1.74. The number of thiol groups is 1. The molecule has 0 amide bonds. The Labute approximate surface area is 56.5 Å². The Morgan fingerprint density at radius 2 is 2.00 bits per heavy atom. The lowest BCUT2D eigenvalue weighted by atomic mass is 10.5. The van der Waals surface area contributed by atoms with Crippen LogP contribution in [-0.4, -0.2) is 24.0 Å². The molecule has 0 aliphatic rings. The molecule has 0 unspecified atom stereocenters. The maximum Gasteiger partial charge on any atom is 0.0402 e. The van der Waals surface area contributed by atoms with Crippen molar-refractivity contribution < 1.29 is 5.11 Å². The number of hydrogen-bond donors (Lipinski definition) is 3. The molecule has 0 aromatic heterocycles. The second-order valence-corrected chi connectivity index (χ2v) is 1.63. The molecule has 2 nitrogen and oxygen atoms in total. The van der Waals surface area contributed by atoms with Gasteiger partial charge < -0.3 is 10.8 Å². The van der Waals surface area contributed by atoms with Gasteiger partial charge in [-0.3, -0.25) is 0 Å². The highest BCUT2D eigenvalue weighted by molar-refractivity contribution is 7.80. The SMILES string of the molecule is CCO.NCCCS. The first kappa shape index (κ1) is 11.1. The number of rotatable bonds is 2. The van der Waals surface area contributed by atoms with Crippen molar-refractivity contribution in [3.05, 3.63) is 0 Å². The van der Waals surface area contributed by atoms with Crippen LogP contribution in [-0.2, 0) is 0 Å². The number of nitrogens with two attached hydrogens (primary N) is 1. The van der Waals surface area contributed by atoms with E-state index in [9.17, 15) is 0 Å². The van der Waals surface area contributed by atoms with Gasteiger partial charge in [0.1, 0.15) is 0 Å². The van der Waals surface area contributed by atoms with E-state index in [1.807, 2.05) is 0 Å². The molecule has 0 rings (SSSR count). The van der Waals surface area contributed by atoms with Gasteiger partial charge in [0.05, 0.1) is 0 Å². The van der Waals surface area contributed by atoms with Gasteiger partial charge in [-0.25, -0.2) is 0 Å². The van der Waals surface area contributed by atoms with E-state index < -0.39 is 0 Å². The minimum absolute atomic E-state index is 0.250. The molecule has 0 fully saturated rings. The summed E-state index contributed by atoms with van der Waals surface area (Å²) in [6.45, 7) is 2.70. The van der Waals surface area contributed by atoms with Crippen LogP contribution < -0.4 is 5.73 Å². The Hall–Kier alpha value is 0.270. The van der Waals surface area contributed by atoms with Crippen molar-refractivity contribution in [3.8, 4) is 0 Å². The Morgan fingerprint density at radius 3 is 2.00 bits per heavy atom. The molecule has 52 valence electrons. The van der Waals surface area contributed by atoms with Crippen LogP contribution in [0.3, 0.4) is 0 Å². The minimum atomic E-state index is 0.250. The van der Waals surface area contributed by atoms with Crippen molar-refractivity contribution >= 4 is 12.6 Å². The van der Waals surface area contributed by atoms with Crippen molar-refractivity contribution in [2.24, 2.45) is 5.73 Å². The lowest BCUT2D eigenvalue weighted by molar-refractivity contribution is 0.318. The molecule has 0 atom stereocenters. The van der Waals surface area contributed by atoms with Crippen LogP contribution in [0.1, 0.15) is 13.3 Å². The van der Waals surface area contributed by atoms with Gasteiger partial charge >= 0.3 is 0 Å². The summed E-state index contributed by atoms with van der Waals surface area (Å²) >= 11 is 3.92. The predicted molar refractivity (Wildman–Crippen MR) is 40.3 cm³/mol. The van der Waals surface area contributed by atoms with Crippen molar-refractivity contribution in [2.45, 2.75) is 13.3 Å². The Balaban J connectivity index is 0. The van der Waals surface area contributed by atoms with Crippen LogP contribution in [0.4, 0.5) is 0 Å². The molecule has 0 aromatic rings. The molecule has 8 heavy (non-hydrogen) atoms. The van der Waals surface area contributed by atoms with Gasteiger partial charge in [-0.1, -0.05) is 0 Å². The van der Waals surface area contributed by atoms with Crippen molar-refractivity contribution in [2.75, 3.05) is 18.9 Å². The van der Waals surface area contributed by atoms with E-state index in [0.717, 1.165) is 18.7 Å². The standard InChI is InChI=1S/C3H9NS.C2H6O/c4-2-1-3-5;1-2-3/h5H,1-4H2;3H,2H2,1H3.